The lowest BCUT2D eigenvalue weighted by Crippen LogP contribution is -2.37. The highest BCUT2D eigenvalue weighted by Gasteiger charge is 2.30. The number of aryl methyl sites for hydroxylation is 1. The van der Waals surface area contributed by atoms with Crippen LogP contribution in [0.2, 0.25) is 0 Å². The van der Waals surface area contributed by atoms with Crippen LogP contribution >= 0.6 is 0 Å². The van der Waals surface area contributed by atoms with Crippen molar-refractivity contribution >= 4 is 27.3 Å². The second kappa shape index (κ2) is 7.52. The SMILES string of the molecule is Cc1ccc(C2=NN(c3ccccc3S(=O)(=O)c3ccccc3)C(=O)CO2)cc1. The van der Waals surface area contributed by atoms with Crippen LogP contribution in [-0.4, -0.2) is 26.8 Å². The fourth-order valence-corrected chi connectivity index (χ4v) is 4.44. The van der Waals surface area contributed by atoms with Gasteiger partial charge in [0.05, 0.1) is 15.5 Å². The number of sulfone groups is 1. The van der Waals surface area contributed by atoms with E-state index in [1.54, 1.807) is 36.4 Å². The van der Waals surface area contributed by atoms with Gasteiger partial charge in [-0.3, -0.25) is 4.79 Å². The Morgan fingerprint density at radius 1 is 0.897 bits per heavy atom. The van der Waals surface area contributed by atoms with Gasteiger partial charge in [0, 0.05) is 5.56 Å². The molecular weight excluding hydrogens is 388 g/mol. The van der Waals surface area contributed by atoms with E-state index < -0.39 is 15.7 Å². The molecule has 1 amide bonds. The van der Waals surface area contributed by atoms with Crippen molar-refractivity contribution in [1.29, 1.82) is 0 Å². The van der Waals surface area contributed by atoms with Crippen molar-refractivity contribution in [3.05, 3.63) is 90.0 Å². The van der Waals surface area contributed by atoms with E-state index in [2.05, 4.69) is 5.10 Å². The molecule has 0 saturated carbocycles. The van der Waals surface area contributed by atoms with Crippen LogP contribution in [0.1, 0.15) is 11.1 Å². The monoisotopic (exact) mass is 406 g/mol. The molecule has 1 aliphatic heterocycles. The summed E-state index contributed by atoms with van der Waals surface area (Å²) in [5.41, 5.74) is 1.98. The molecule has 0 unspecified atom stereocenters. The summed E-state index contributed by atoms with van der Waals surface area (Å²) < 4.78 is 31.8. The number of ether oxygens (including phenoxy) is 1. The van der Waals surface area contributed by atoms with Crippen LogP contribution in [-0.2, 0) is 19.4 Å². The van der Waals surface area contributed by atoms with Gasteiger partial charge in [0.2, 0.25) is 15.7 Å². The fourth-order valence-electron chi connectivity index (χ4n) is 2.98. The van der Waals surface area contributed by atoms with Gasteiger partial charge in [-0.1, -0.05) is 48.0 Å². The number of benzene rings is 3. The van der Waals surface area contributed by atoms with Crippen LogP contribution in [0, 0.1) is 6.92 Å². The largest absolute Gasteiger partial charge is 0.466 e. The average molecular weight is 406 g/mol. The molecule has 0 spiro atoms. The van der Waals surface area contributed by atoms with Gasteiger partial charge in [-0.2, -0.15) is 5.01 Å². The van der Waals surface area contributed by atoms with Crippen molar-refractivity contribution in [3.63, 3.8) is 0 Å². The van der Waals surface area contributed by atoms with Crippen molar-refractivity contribution in [2.75, 3.05) is 11.6 Å². The molecule has 0 fully saturated rings. The summed E-state index contributed by atoms with van der Waals surface area (Å²) >= 11 is 0. The summed E-state index contributed by atoms with van der Waals surface area (Å²) in [5, 5.41) is 5.42. The van der Waals surface area contributed by atoms with Crippen molar-refractivity contribution in [3.8, 4) is 0 Å². The highest BCUT2D eigenvalue weighted by atomic mass is 32.2. The summed E-state index contributed by atoms with van der Waals surface area (Å²) in [6.07, 6.45) is 0. The van der Waals surface area contributed by atoms with Crippen LogP contribution in [0.4, 0.5) is 5.69 Å². The third-order valence-corrected chi connectivity index (χ3v) is 6.31. The zero-order valence-electron chi connectivity index (χ0n) is 15.6. The van der Waals surface area contributed by atoms with E-state index >= 15 is 0 Å². The number of rotatable bonds is 4. The van der Waals surface area contributed by atoms with E-state index in [4.69, 9.17) is 4.74 Å². The van der Waals surface area contributed by atoms with Gasteiger partial charge < -0.3 is 4.74 Å². The minimum Gasteiger partial charge on any atom is -0.466 e. The maximum atomic E-state index is 13.2. The number of carbonyl (C=O) groups excluding carboxylic acids is 1. The lowest BCUT2D eigenvalue weighted by Gasteiger charge is -2.25. The Morgan fingerprint density at radius 3 is 2.28 bits per heavy atom. The highest BCUT2D eigenvalue weighted by molar-refractivity contribution is 7.91. The maximum Gasteiger partial charge on any atom is 0.285 e. The molecule has 0 radical (unpaired) electrons. The molecule has 7 heteroatoms. The van der Waals surface area contributed by atoms with Gasteiger partial charge in [0.15, 0.2) is 6.61 Å². The smallest absolute Gasteiger partial charge is 0.285 e. The Labute approximate surface area is 169 Å². The topological polar surface area (TPSA) is 76.0 Å². The Hall–Kier alpha value is -3.45. The Kier molecular flexibility index (Phi) is 4.90. The fraction of sp³-hybridized carbons (Fsp3) is 0.0909. The van der Waals surface area contributed by atoms with Gasteiger partial charge in [-0.25, -0.2) is 8.42 Å². The molecule has 0 atom stereocenters. The lowest BCUT2D eigenvalue weighted by atomic mass is 10.1. The molecule has 3 aromatic rings. The molecule has 0 aliphatic carbocycles. The number of amides is 1. The van der Waals surface area contributed by atoms with Crippen LogP contribution in [0.15, 0.2) is 93.8 Å². The zero-order chi connectivity index (χ0) is 20.4. The maximum absolute atomic E-state index is 13.2. The molecule has 0 N–H and O–H groups in total. The van der Waals surface area contributed by atoms with E-state index in [1.165, 1.54) is 18.2 Å². The van der Waals surface area contributed by atoms with Gasteiger partial charge in [-0.05, 0) is 43.3 Å². The highest BCUT2D eigenvalue weighted by Crippen LogP contribution is 2.31. The molecule has 6 nitrogen and oxygen atoms in total. The molecule has 3 aromatic carbocycles. The number of hydrazone groups is 1. The average Bonchev–Trinajstić information content (AvgIpc) is 2.75. The molecule has 0 bridgehead atoms. The molecule has 146 valence electrons. The zero-order valence-corrected chi connectivity index (χ0v) is 16.5. The minimum absolute atomic E-state index is 0.00783. The summed E-state index contributed by atoms with van der Waals surface area (Å²) in [5.74, 6) is -0.187. The van der Waals surface area contributed by atoms with Crippen LogP contribution in [0.5, 0.6) is 0 Å². The van der Waals surface area contributed by atoms with E-state index in [-0.39, 0.29) is 28.0 Å². The van der Waals surface area contributed by atoms with Crippen LogP contribution in [0.3, 0.4) is 0 Å². The predicted molar refractivity (Wildman–Crippen MR) is 109 cm³/mol. The molecule has 1 heterocycles. The second-order valence-corrected chi connectivity index (χ2v) is 8.47. The number of hydrogen-bond acceptors (Lipinski definition) is 5. The number of carbonyl (C=O) groups is 1. The Bertz CT molecular complexity index is 1190. The number of hydrogen-bond donors (Lipinski definition) is 0. The molecule has 29 heavy (non-hydrogen) atoms. The lowest BCUT2D eigenvalue weighted by molar-refractivity contribution is -0.121. The summed E-state index contributed by atoms with van der Waals surface area (Å²) in [4.78, 5) is 12.7. The van der Waals surface area contributed by atoms with Gasteiger partial charge in [-0.15, -0.1) is 5.10 Å². The number of anilines is 1. The van der Waals surface area contributed by atoms with Crippen LogP contribution in [0.25, 0.3) is 0 Å². The molecule has 0 saturated heterocycles. The Morgan fingerprint density at radius 2 is 1.55 bits per heavy atom. The van der Waals surface area contributed by atoms with Gasteiger partial charge in [0.1, 0.15) is 0 Å². The first-order valence-corrected chi connectivity index (χ1v) is 10.5. The summed E-state index contributed by atoms with van der Waals surface area (Å²) in [6, 6.07) is 21.9. The first-order chi connectivity index (χ1) is 14.0. The van der Waals surface area contributed by atoms with Gasteiger partial charge >= 0.3 is 0 Å². The first kappa shape index (κ1) is 18.9. The summed E-state index contributed by atoms with van der Waals surface area (Å²) in [7, 11) is -3.83. The normalized spacial score (nSPS) is 14.3. The van der Waals surface area contributed by atoms with Gasteiger partial charge in [0.25, 0.3) is 5.91 Å². The number of para-hydroxylation sites is 1. The van der Waals surface area contributed by atoms with Crippen molar-refractivity contribution in [2.24, 2.45) is 5.10 Å². The molecular formula is C22H18N2O4S. The second-order valence-electron chi connectivity index (χ2n) is 6.55. The third-order valence-electron chi connectivity index (χ3n) is 4.49. The van der Waals surface area contributed by atoms with E-state index in [9.17, 15) is 13.2 Å². The predicted octanol–water partition coefficient (Wildman–Crippen LogP) is 3.55. The summed E-state index contributed by atoms with van der Waals surface area (Å²) in [6.45, 7) is 1.74. The van der Waals surface area contributed by atoms with E-state index in [0.29, 0.717) is 5.56 Å². The number of nitrogens with zero attached hydrogens (tertiary/aromatic N) is 2. The Balaban J connectivity index is 1.81. The first-order valence-electron chi connectivity index (χ1n) is 8.97. The molecule has 4 rings (SSSR count). The third kappa shape index (κ3) is 3.64. The van der Waals surface area contributed by atoms with Crippen molar-refractivity contribution < 1.29 is 17.9 Å². The molecule has 0 aromatic heterocycles. The van der Waals surface area contributed by atoms with Crippen molar-refractivity contribution in [2.45, 2.75) is 16.7 Å². The minimum atomic E-state index is -3.83. The quantitative estimate of drug-likeness (QED) is 0.664. The van der Waals surface area contributed by atoms with E-state index in [1.807, 2.05) is 31.2 Å². The van der Waals surface area contributed by atoms with E-state index in [0.717, 1.165) is 10.6 Å². The van der Waals surface area contributed by atoms with Crippen LogP contribution < -0.4 is 5.01 Å². The van der Waals surface area contributed by atoms with Crippen molar-refractivity contribution in [1.82, 2.24) is 0 Å². The standard InChI is InChI=1S/C22H18N2O4S/c1-16-11-13-17(14-12-16)22-23-24(21(25)15-28-22)19-9-5-6-10-20(19)29(26,27)18-7-3-2-4-8-18/h2-14H,15H2,1H3. The molecule has 1 aliphatic rings.